The van der Waals surface area contributed by atoms with E-state index in [0.717, 1.165) is 5.75 Å². The Bertz CT molecular complexity index is 966. The second kappa shape index (κ2) is 8.81. The predicted octanol–water partition coefficient (Wildman–Crippen LogP) is 3.26. The quantitative estimate of drug-likeness (QED) is 0.697. The molecule has 0 spiro atoms. The summed E-state index contributed by atoms with van der Waals surface area (Å²) in [5.74, 6) is 1.38. The lowest BCUT2D eigenvalue weighted by Crippen LogP contribution is -2.50. The summed E-state index contributed by atoms with van der Waals surface area (Å²) in [6.45, 7) is 9.65. The molecule has 0 atom stereocenters. The molecule has 1 aromatic heterocycles. The zero-order valence-electron chi connectivity index (χ0n) is 18.1. The van der Waals surface area contributed by atoms with Crippen LogP contribution in [0.2, 0.25) is 0 Å². The Hall–Kier alpha value is -2.32. The molecule has 1 fully saturated rings. The molecule has 3 rings (SSSR count). The molecular formula is C22H30N2O5S. The van der Waals surface area contributed by atoms with Gasteiger partial charge in [-0.3, -0.25) is 4.79 Å². The summed E-state index contributed by atoms with van der Waals surface area (Å²) in [4.78, 5) is 14.3. The smallest absolute Gasteiger partial charge is 0.289 e. The van der Waals surface area contributed by atoms with Crippen LogP contribution in [-0.2, 0) is 22.0 Å². The van der Waals surface area contributed by atoms with E-state index in [1.165, 1.54) is 9.87 Å². The number of furan rings is 1. The van der Waals surface area contributed by atoms with Gasteiger partial charge in [-0.15, -0.1) is 0 Å². The third-order valence-electron chi connectivity index (χ3n) is 5.26. The van der Waals surface area contributed by atoms with Crippen molar-refractivity contribution in [3.05, 3.63) is 53.5 Å². The predicted molar refractivity (Wildman–Crippen MR) is 115 cm³/mol. The average Bonchev–Trinajstić information content (AvgIpc) is 3.20. The van der Waals surface area contributed by atoms with Gasteiger partial charge in [-0.05, 0) is 42.2 Å². The Morgan fingerprint density at radius 3 is 2.23 bits per heavy atom. The molecule has 8 heteroatoms. The second-order valence-corrected chi connectivity index (χ2v) is 10.7. The van der Waals surface area contributed by atoms with Crippen LogP contribution in [0.25, 0.3) is 0 Å². The molecule has 0 radical (unpaired) electrons. The number of nitrogens with zero attached hydrogens (tertiary/aromatic N) is 2. The highest BCUT2D eigenvalue weighted by Gasteiger charge is 2.29. The summed E-state index contributed by atoms with van der Waals surface area (Å²) >= 11 is 0. The van der Waals surface area contributed by atoms with Gasteiger partial charge in [-0.25, -0.2) is 8.42 Å². The molecule has 0 saturated carbocycles. The molecule has 0 unspecified atom stereocenters. The van der Waals surface area contributed by atoms with Crippen molar-refractivity contribution in [3.63, 3.8) is 0 Å². The third kappa shape index (κ3) is 5.23. The lowest BCUT2D eigenvalue weighted by Gasteiger charge is -2.33. The van der Waals surface area contributed by atoms with Gasteiger partial charge < -0.3 is 14.1 Å². The molecule has 2 heterocycles. The molecule has 0 bridgehead atoms. The molecule has 1 amide bonds. The van der Waals surface area contributed by atoms with E-state index in [0.29, 0.717) is 31.9 Å². The van der Waals surface area contributed by atoms with E-state index in [9.17, 15) is 13.2 Å². The lowest BCUT2D eigenvalue weighted by molar-refractivity contribution is 0.0662. The van der Waals surface area contributed by atoms with Crippen LogP contribution < -0.4 is 4.74 Å². The zero-order chi connectivity index (χ0) is 21.9. The van der Waals surface area contributed by atoms with E-state index in [2.05, 4.69) is 20.8 Å². The standard InChI is InChI=1S/C22H30N2O5S/c1-5-30(26,27)24-14-12-23(13-15-24)21(25)20-11-10-19(29-20)16-28-18-8-6-17(7-9-18)22(2,3)4/h6-11H,5,12-16H2,1-4H3. The van der Waals surface area contributed by atoms with Gasteiger partial charge in [0.2, 0.25) is 10.0 Å². The monoisotopic (exact) mass is 434 g/mol. The van der Waals surface area contributed by atoms with Crippen LogP contribution >= 0.6 is 0 Å². The normalized spacial score (nSPS) is 15.9. The van der Waals surface area contributed by atoms with E-state index >= 15 is 0 Å². The van der Waals surface area contributed by atoms with Crippen molar-refractivity contribution in [2.24, 2.45) is 0 Å². The van der Waals surface area contributed by atoms with Crippen molar-refractivity contribution in [2.45, 2.75) is 39.7 Å². The van der Waals surface area contributed by atoms with Gasteiger partial charge in [-0.2, -0.15) is 4.31 Å². The van der Waals surface area contributed by atoms with Crippen molar-refractivity contribution in [3.8, 4) is 5.75 Å². The number of hydrogen-bond donors (Lipinski definition) is 0. The van der Waals surface area contributed by atoms with E-state index in [-0.39, 0.29) is 29.4 Å². The molecular weight excluding hydrogens is 404 g/mol. The molecule has 1 aliphatic rings. The van der Waals surface area contributed by atoms with Gasteiger partial charge in [0, 0.05) is 26.2 Å². The number of rotatable bonds is 6. The van der Waals surface area contributed by atoms with Crippen LogP contribution in [0.3, 0.4) is 0 Å². The van der Waals surface area contributed by atoms with Gasteiger partial charge in [0.15, 0.2) is 5.76 Å². The van der Waals surface area contributed by atoms with Crippen LogP contribution in [0.5, 0.6) is 5.75 Å². The largest absolute Gasteiger partial charge is 0.486 e. The molecule has 1 aromatic carbocycles. The fourth-order valence-corrected chi connectivity index (χ4v) is 4.37. The van der Waals surface area contributed by atoms with Crippen LogP contribution in [0.4, 0.5) is 0 Å². The topological polar surface area (TPSA) is 80.1 Å². The van der Waals surface area contributed by atoms with E-state index in [4.69, 9.17) is 9.15 Å². The lowest BCUT2D eigenvalue weighted by atomic mass is 9.87. The number of piperazine rings is 1. The van der Waals surface area contributed by atoms with Crippen molar-refractivity contribution < 1.29 is 22.4 Å². The minimum atomic E-state index is -3.22. The fourth-order valence-electron chi connectivity index (χ4n) is 3.28. The highest BCUT2D eigenvalue weighted by atomic mass is 32.2. The minimum Gasteiger partial charge on any atom is -0.486 e. The molecule has 1 aliphatic heterocycles. The van der Waals surface area contributed by atoms with Crippen molar-refractivity contribution >= 4 is 15.9 Å². The van der Waals surface area contributed by atoms with Gasteiger partial charge >= 0.3 is 0 Å². The number of amides is 1. The van der Waals surface area contributed by atoms with Gasteiger partial charge in [0.05, 0.1) is 5.75 Å². The first-order valence-corrected chi connectivity index (χ1v) is 11.8. The number of carbonyl (C=O) groups excluding carboxylic acids is 1. The summed E-state index contributed by atoms with van der Waals surface area (Å²) in [5, 5.41) is 0. The number of sulfonamides is 1. The van der Waals surface area contributed by atoms with Crippen molar-refractivity contribution in [1.29, 1.82) is 0 Å². The molecule has 7 nitrogen and oxygen atoms in total. The number of benzene rings is 1. The van der Waals surface area contributed by atoms with Gasteiger partial charge in [0.25, 0.3) is 5.91 Å². The SMILES string of the molecule is CCS(=O)(=O)N1CCN(C(=O)c2ccc(COc3ccc(C(C)(C)C)cc3)o2)CC1. The van der Waals surface area contributed by atoms with Crippen LogP contribution in [0.15, 0.2) is 40.8 Å². The van der Waals surface area contributed by atoms with Crippen LogP contribution in [-0.4, -0.2) is 55.5 Å². The van der Waals surface area contributed by atoms with Crippen molar-refractivity contribution in [1.82, 2.24) is 9.21 Å². The van der Waals surface area contributed by atoms with Gasteiger partial charge in [-0.1, -0.05) is 32.9 Å². The first-order valence-electron chi connectivity index (χ1n) is 10.2. The van der Waals surface area contributed by atoms with Crippen molar-refractivity contribution in [2.75, 3.05) is 31.9 Å². The molecule has 0 aliphatic carbocycles. The minimum absolute atomic E-state index is 0.0709. The summed E-state index contributed by atoms with van der Waals surface area (Å²) in [6, 6.07) is 11.3. The number of ether oxygens (including phenoxy) is 1. The summed E-state index contributed by atoms with van der Waals surface area (Å²) in [5.41, 5.74) is 1.31. The maximum atomic E-state index is 12.7. The zero-order valence-corrected chi connectivity index (χ0v) is 18.9. The molecule has 2 aromatic rings. The maximum absolute atomic E-state index is 12.7. The highest BCUT2D eigenvalue weighted by Crippen LogP contribution is 2.25. The van der Waals surface area contributed by atoms with Gasteiger partial charge in [0.1, 0.15) is 18.1 Å². The molecule has 1 saturated heterocycles. The van der Waals surface area contributed by atoms with E-state index in [1.807, 2.05) is 24.3 Å². The third-order valence-corrected chi connectivity index (χ3v) is 7.14. The van der Waals surface area contributed by atoms with E-state index < -0.39 is 10.0 Å². The van der Waals surface area contributed by atoms with Crippen LogP contribution in [0, 0.1) is 0 Å². The van der Waals surface area contributed by atoms with Crippen LogP contribution in [0.1, 0.15) is 49.6 Å². The number of hydrogen-bond acceptors (Lipinski definition) is 5. The summed E-state index contributed by atoms with van der Waals surface area (Å²) in [6.07, 6.45) is 0. The van der Waals surface area contributed by atoms with E-state index in [1.54, 1.807) is 24.0 Å². The highest BCUT2D eigenvalue weighted by molar-refractivity contribution is 7.89. The Kier molecular flexibility index (Phi) is 6.57. The molecule has 0 N–H and O–H groups in total. The second-order valence-electron chi connectivity index (χ2n) is 8.42. The first kappa shape index (κ1) is 22.4. The Labute approximate surface area is 178 Å². The fraction of sp³-hybridized carbons (Fsp3) is 0.500. The Morgan fingerprint density at radius 1 is 1.03 bits per heavy atom. The maximum Gasteiger partial charge on any atom is 0.289 e. The molecule has 30 heavy (non-hydrogen) atoms. The Morgan fingerprint density at radius 2 is 1.67 bits per heavy atom. The average molecular weight is 435 g/mol. The Balaban J connectivity index is 1.54. The summed E-state index contributed by atoms with van der Waals surface area (Å²) < 4.78 is 36.8. The summed E-state index contributed by atoms with van der Waals surface area (Å²) in [7, 11) is -3.22. The molecule has 164 valence electrons. The number of carbonyl (C=O) groups is 1. The first-order chi connectivity index (χ1) is 14.1.